The summed E-state index contributed by atoms with van der Waals surface area (Å²) in [4.78, 5) is 16.2. The number of anilines is 1. The number of hydrogen-bond acceptors (Lipinski definition) is 3. The lowest BCUT2D eigenvalue weighted by Gasteiger charge is -2.26. The van der Waals surface area contributed by atoms with Crippen molar-refractivity contribution in [2.45, 2.75) is 32.9 Å². The summed E-state index contributed by atoms with van der Waals surface area (Å²) in [6, 6.07) is 12.1. The third-order valence-corrected chi connectivity index (χ3v) is 5.57. The Labute approximate surface area is 161 Å². The zero-order valence-electron chi connectivity index (χ0n) is 16.8. The van der Waals surface area contributed by atoms with Crippen LogP contribution in [-0.2, 0) is 17.8 Å². The number of methoxy groups -OCH3 is 2. The predicted octanol–water partition coefficient (Wildman–Crippen LogP) is 2.00. The topological polar surface area (TPSA) is 43.2 Å². The van der Waals surface area contributed by atoms with E-state index in [1.54, 1.807) is 14.2 Å². The van der Waals surface area contributed by atoms with Crippen LogP contribution in [0.25, 0.3) is 0 Å². The largest absolute Gasteiger partial charge is 0.493 e. The highest BCUT2D eigenvalue weighted by molar-refractivity contribution is 5.97. The fourth-order valence-corrected chi connectivity index (χ4v) is 3.68. The Morgan fingerprint density at radius 2 is 1.85 bits per heavy atom. The molecule has 0 aromatic heterocycles. The van der Waals surface area contributed by atoms with Crippen LogP contribution in [0, 0.1) is 6.92 Å². The molecule has 2 aromatic rings. The Kier molecular flexibility index (Phi) is 5.71. The maximum Gasteiger partial charge on any atom is 0.284 e. The van der Waals surface area contributed by atoms with Gasteiger partial charge in [-0.15, -0.1) is 0 Å². The first-order valence-corrected chi connectivity index (χ1v) is 9.39. The van der Waals surface area contributed by atoms with Gasteiger partial charge in [-0.05, 0) is 49.6 Å². The van der Waals surface area contributed by atoms with Gasteiger partial charge in [0.2, 0.25) is 0 Å². The summed E-state index contributed by atoms with van der Waals surface area (Å²) in [5.41, 5.74) is 4.61. The van der Waals surface area contributed by atoms with Gasteiger partial charge in [0.15, 0.2) is 17.5 Å². The van der Waals surface area contributed by atoms with E-state index in [1.807, 2.05) is 42.2 Å². The number of quaternary nitrogens is 1. The number of nitrogens with zero attached hydrogens (tertiary/aromatic N) is 1. The van der Waals surface area contributed by atoms with E-state index >= 15 is 0 Å². The third kappa shape index (κ3) is 3.78. The highest BCUT2D eigenvalue weighted by Gasteiger charge is 2.32. The van der Waals surface area contributed by atoms with E-state index in [4.69, 9.17) is 9.47 Å². The molecule has 2 aromatic carbocycles. The van der Waals surface area contributed by atoms with Gasteiger partial charge in [-0.3, -0.25) is 4.79 Å². The lowest BCUT2D eigenvalue weighted by atomic mass is 10.1. The van der Waals surface area contributed by atoms with E-state index in [-0.39, 0.29) is 11.9 Å². The van der Waals surface area contributed by atoms with Crippen molar-refractivity contribution in [3.05, 3.63) is 53.1 Å². The van der Waals surface area contributed by atoms with E-state index in [1.165, 1.54) is 5.56 Å². The fourth-order valence-electron chi connectivity index (χ4n) is 3.68. The Balaban J connectivity index is 1.75. The van der Waals surface area contributed by atoms with Crippen LogP contribution in [0.1, 0.15) is 23.6 Å². The zero-order chi connectivity index (χ0) is 19.6. The van der Waals surface area contributed by atoms with Gasteiger partial charge in [-0.2, -0.15) is 0 Å². The molecule has 0 fully saturated rings. The number of hydrogen-bond donors (Lipinski definition) is 1. The van der Waals surface area contributed by atoms with Gasteiger partial charge in [0, 0.05) is 17.8 Å². The molecule has 0 spiro atoms. The number of fused-ring (bicyclic) bond motifs is 1. The molecule has 2 atom stereocenters. The summed E-state index contributed by atoms with van der Waals surface area (Å²) in [5, 5.41) is 0. The molecule has 1 aliphatic heterocycles. The molecule has 5 nitrogen and oxygen atoms in total. The first kappa shape index (κ1) is 19.2. The summed E-state index contributed by atoms with van der Waals surface area (Å²) in [6.45, 7) is 5.59. The Morgan fingerprint density at radius 3 is 2.56 bits per heavy atom. The lowest BCUT2D eigenvalue weighted by molar-refractivity contribution is -0.908. The van der Waals surface area contributed by atoms with Gasteiger partial charge in [0.25, 0.3) is 5.91 Å². The van der Waals surface area contributed by atoms with Crippen LogP contribution >= 0.6 is 0 Å². The minimum Gasteiger partial charge on any atom is -0.493 e. The number of carbonyl (C=O) groups excluding carboxylic acids is 1. The quantitative estimate of drug-likeness (QED) is 0.847. The number of aryl methyl sites for hydroxylation is 1. The van der Waals surface area contributed by atoms with E-state index < -0.39 is 0 Å². The molecule has 144 valence electrons. The third-order valence-electron chi connectivity index (χ3n) is 5.57. The second-order valence-electron chi connectivity index (χ2n) is 7.25. The van der Waals surface area contributed by atoms with Crippen molar-refractivity contribution < 1.29 is 19.2 Å². The molecule has 1 heterocycles. The molecule has 0 aliphatic carbocycles. The highest BCUT2D eigenvalue weighted by atomic mass is 16.5. The molecule has 3 rings (SSSR count). The lowest BCUT2D eigenvalue weighted by Crippen LogP contribution is -3.12. The zero-order valence-corrected chi connectivity index (χ0v) is 16.8. The molecule has 1 amide bonds. The summed E-state index contributed by atoms with van der Waals surface area (Å²) in [7, 11) is 5.36. The molecule has 0 saturated heterocycles. The first-order chi connectivity index (χ1) is 13.0. The number of amides is 1. The van der Waals surface area contributed by atoms with Crippen molar-refractivity contribution in [3.8, 4) is 11.5 Å². The van der Waals surface area contributed by atoms with Gasteiger partial charge in [-0.1, -0.05) is 18.2 Å². The maximum absolute atomic E-state index is 13.1. The number of likely N-dealkylation sites (N-methyl/N-ethyl adjacent to an activating group) is 1. The summed E-state index contributed by atoms with van der Waals surface area (Å²) < 4.78 is 10.8. The van der Waals surface area contributed by atoms with Crippen molar-refractivity contribution >= 4 is 11.6 Å². The van der Waals surface area contributed by atoms with Gasteiger partial charge in [0.05, 0.1) is 21.3 Å². The summed E-state index contributed by atoms with van der Waals surface area (Å²) >= 11 is 0. The van der Waals surface area contributed by atoms with E-state index in [0.717, 1.165) is 52.7 Å². The molecule has 0 radical (unpaired) electrons. The van der Waals surface area contributed by atoms with E-state index in [9.17, 15) is 4.79 Å². The molecule has 1 unspecified atom stereocenters. The normalized spacial score (nSPS) is 15.2. The van der Waals surface area contributed by atoms with Gasteiger partial charge < -0.3 is 19.3 Å². The van der Waals surface area contributed by atoms with Gasteiger partial charge in [0.1, 0.15) is 6.54 Å². The Hall–Kier alpha value is -2.53. The maximum atomic E-state index is 13.1. The number of para-hydroxylation sites is 1. The Bertz CT molecular complexity index is 834. The average molecular weight is 369 g/mol. The molecule has 1 N–H and O–H groups in total. The van der Waals surface area contributed by atoms with Crippen LogP contribution in [0.15, 0.2) is 36.4 Å². The number of nitrogens with one attached hydrogen (secondary N) is 1. The highest BCUT2D eigenvalue weighted by Crippen LogP contribution is 2.30. The average Bonchev–Trinajstić information content (AvgIpc) is 3.12. The van der Waals surface area contributed by atoms with E-state index in [0.29, 0.717) is 0 Å². The Morgan fingerprint density at radius 1 is 1.19 bits per heavy atom. The van der Waals surface area contributed by atoms with Crippen LogP contribution < -0.4 is 19.3 Å². The minimum absolute atomic E-state index is 0.136. The molecule has 0 saturated carbocycles. The van der Waals surface area contributed by atoms with Crippen molar-refractivity contribution in [2.75, 3.05) is 32.7 Å². The van der Waals surface area contributed by atoms with Crippen LogP contribution in [0.5, 0.6) is 11.5 Å². The summed E-state index contributed by atoms with van der Waals surface area (Å²) in [6.07, 6.45) is 0.933. The second kappa shape index (κ2) is 8.01. The van der Waals surface area contributed by atoms with Crippen LogP contribution in [0.3, 0.4) is 0 Å². The molecule has 1 aliphatic rings. The number of rotatable bonds is 6. The van der Waals surface area contributed by atoms with Crippen LogP contribution in [0.2, 0.25) is 0 Å². The second-order valence-corrected chi connectivity index (χ2v) is 7.25. The number of carbonyl (C=O) groups is 1. The number of ether oxygens (including phenoxy) is 2. The SMILES string of the molecule is COc1cc(C)c(C[NH+](C)[C@H](C)C(=O)N2CCc3ccccc32)cc1OC. The predicted molar refractivity (Wildman–Crippen MR) is 107 cm³/mol. The van der Waals surface area contributed by atoms with E-state index in [2.05, 4.69) is 20.0 Å². The molecule has 0 bridgehead atoms. The smallest absolute Gasteiger partial charge is 0.284 e. The number of benzene rings is 2. The minimum atomic E-state index is -0.136. The fraction of sp³-hybridized carbons (Fsp3) is 0.409. The first-order valence-electron chi connectivity index (χ1n) is 9.39. The monoisotopic (exact) mass is 369 g/mol. The standard InChI is InChI=1S/C22H28N2O3/c1-15-12-20(26-4)21(27-5)13-18(15)14-23(3)16(2)22(25)24-11-10-17-8-6-7-9-19(17)24/h6-9,12-13,16H,10-11,14H2,1-5H3/p+1/t16-/m1/s1. The molecular formula is C22H29N2O3+. The molecule has 27 heavy (non-hydrogen) atoms. The van der Waals surface area contributed by atoms with Crippen molar-refractivity contribution in [3.63, 3.8) is 0 Å². The van der Waals surface area contributed by atoms with Gasteiger partial charge in [-0.25, -0.2) is 0 Å². The van der Waals surface area contributed by atoms with Crippen molar-refractivity contribution in [2.24, 2.45) is 0 Å². The molecule has 5 heteroatoms. The van der Waals surface area contributed by atoms with Crippen molar-refractivity contribution in [1.29, 1.82) is 0 Å². The van der Waals surface area contributed by atoms with Gasteiger partial charge >= 0.3 is 0 Å². The van der Waals surface area contributed by atoms with Crippen LogP contribution in [-0.4, -0.2) is 39.8 Å². The summed E-state index contributed by atoms with van der Waals surface area (Å²) in [5.74, 6) is 1.63. The molecular weight excluding hydrogens is 340 g/mol. The van der Waals surface area contributed by atoms with Crippen LogP contribution in [0.4, 0.5) is 5.69 Å². The van der Waals surface area contributed by atoms with Crippen molar-refractivity contribution in [1.82, 2.24) is 0 Å².